The Morgan fingerprint density at radius 3 is 2.81 bits per heavy atom. The van der Waals surface area contributed by atoms with Gasteiger partial charge in [-0.25, -0.2) is 4.98 Å². The van der Waals surface area contributed by atoms with Crippen LogP contribution >= 0.6 is 0 Å². The molecule has 0 amide bonds. The third kappa shape index (κ3) is 4.25. The lowest BCUT2D eigenvalue weighted by atomic mass is 10.2. The van der Waals surface area contributed by atoms with E-state index in [2.05, 4.69) is 40.8 Å². The summed E-state index contributed by atoms with van der Waals surface area (Å²) >= 11 is 0. The van der Waals surface area contributed by atoms with Gasteiger partial charge in [0.15, 0.2) is 0 Å². The molecule has 2 rings (SSSR count). The van der Waals surface area contributed by atoms with Crippen molar-refractivity contribution in [3.63, 3.8) is 0 Å². The molecule has 1 aromatic carbocycles. The van der Waals surface area contributed by atoms with Crippen LogP contribution in [0.3, 0.4) is 0 Å². The number of ether oxygens (including phenoxy) is 1. The van der Waals surface area contributed by atoms with Crippen molar-refractivity contribution in [2.75, 3.05) is 5.32 Å². The lowest BCUT2D eigenvalue weighted by molar-refractivity contribution is 0.242. The summed E-state index contributed by atoms with van der Waals surface area (Å²) < 4.78 is 7.90. The highest BCUT2D eigenvalue weighted by molar-refractivity contribution is 5.53. The van der Waals surface area contributed by atoms with Crippen molar-refractivity contribution >= 4 is 5.69 Å². The summed E-state index contributed by atoms with van der Waals surface area (Å²) in [7, 11) is 0. The first-order chi connectivity index (χ1) is 10.1. The van der Waals surface area contributed by atoms with E-state index in [1.54, 1.807) is 0 Å². The fourth-order valence-electron chi connectivity index (χ4n) is 2.30. The molecule has 2 aromatic rings. The van der Waals surface area contributed by atoms with Crippen LogP contribution in [-0.2, 0) is 13.1 Å². The van der Waals surface area contributed by atoms with Gasteiger partial charge < -0.3 is 14.6 Å². The Balaban J connectivity index is 2.01. The van der Waals surface area contributed by atoms with Gasteiger partial charge >= 0.3 is 0 Å². The van der Waals surface area contributed by atoms with Gasteiger partial charge in [0, 0.05) is 18.4 Å². The number of imidazole rings is 1. The molecule has 0 spiro atoms. The summed E-state index contributed by atoms with van der Waals surface area (Å²) in [5.74, 6) is 0.920. The highest BCUT2D eigenvalue weighted by Crippen LogP contribution is 2.22. The lowest BCUT2D eigenvalue weighted by Gasteiger charge is -2.14. The zero-order valence-electron chi connectivity index (χ0n) is 13.4. The van der Waals surface area contributed by atoms with E-state index in [-0.39, 0.29) is 6.10 Å². The summed E-state index contributed by atoms with van der Waals surface area (Å²) in [4.78, 5) is 4.23. The predicted molar refractivity (Wildman–Crippen MR) is 86.8 cm³/mol. The first-order valence-corrected chi connectivity index (χ1v) is 7.60. The molecule has 4 heteroatoms. The molecule has 0 aliphatic heterocycles. The number of hydrogen-bond acceptors (Lipinski definition) is 3. The Morgan fingerprint density at radius 2 is 2.14 bits per heavy atom. The Hall–Kier alpha value is -1.97. The van der Waals surface area contributed by atoms with E-state index < -0.39 is 0 Å². The number of aromatic nitrogens is 2. The number of nitrogens with one attached hydrogen (secondary N) is 1. The summed E-state index contributed by atoms with van der Waals surface area (Å²) in [6.45, 7) is 10.1. The van der Waals surface area contributed by atoms with E-state index in [1.807, 2.05) is 32.4 Å². The summed E-state index contributed by atoms with van der Waals surface area (Å²) in [6.07, 6.45) is 5.14. The van der Waals surface area contributed by atoms with Crippen molar-refractivity contribution in [2.24, 2.45) is 0 Å². The Morgan fingerprint density at radius 1 is 1.33 bits per heavy atom. The standard InChI is InChI=1S/C17H25N3O/c1-5-8-20-12-18-10-15(20)11-19-17-7-6-16(9-14(17)4)21-13(2)3/h6-7,9-10,12-13,19H,5,8,11H2,1-4H3. The van der Waals surface area contributed by atoms with Crippen LogP contribution in [0.5, 0.6) is 5.75 Å². The molecule has 21 heavy (non-hydrogen) atoms. The number of aryl methyl sites for hydroxylation is 2. The molecule has 0 aliphatic rings. The number of anilines is 1. The van der Waals surface area contributed by atoms with Crippen LogP contribution < -0.4 is 10.1 Å². The number of hydrogen-bond donors (Lipinski definition) is 1. The Kier molecular flexibility index (Phi) is 5.26. The highest BCUT2D eigenvalue weighted by Gasteiger charge is 2.05. The second-order valence-electron chi connectivity index (χ2n) is 5.58. The van der Waals surface area contributed by atoms with Crippen molar-refractivity contribution in [1.82, 2.24) is 9.55 Å². The maximum atomic E-state index is 5.71. The van der Waals surface area contributed by atoms with Gasteiger partial charge in [-0.3, -0.25) is 0 Å². The Bertz CT molecular complexity index is 575. The van der Waals surface area contributed by atoms with Gasteiger partial charge in [-0.1, -0.05) is 6.92 Å². The molecule has 4 nitrogen and oxygen atoms in total. The molecule has 114 valence electrons. The molecule has 1 heterocycles. The van der Waals surface area contributed by atoms with Crippen LogP contribution in [0, 0.1) is 6.92 Å². The number of nitrogens with zero attached hydrogens (tertiary/aromatic N) is 2. The second kappa shape index (κ2) is 7.16. The first-order valence-electron chi connectivity index (χ1n) is 7.60. The fourth-order valence-corrected chi connectivity index (χ4v) is 2.30. The lowest BCUT2D eigenvalue weighted by Crippen LogP contribution is -2.08. The van der Waals surface area contributed by atoms with E-state index in [1.165, 1.54) is 11.3 Å². The van der Waals surface area contributed by atoms with Crippen LogP contribution in [0.4, 0.5) is 5.69 Å². The predicted octanol–water partition coefficient (Wildman–Crippen LogP) is 4.00. The van der Waals surface area contributed by atoms with Crippen LogP contribution in [0.2, 0.25) is 0 Å². The molecule has 0 bridgehead atoms. The zero-order valence-corrected chi connectivity index (χ0v) is 13.4. The molecular formula is C17H25N3O. The van der Waals surface area contributed by atoms with Crippen LogP contribution in [-0.4, -0.2) is 15.7 Å². The molecule has 0 unspecified atom stereocenters. The Labute approximate surface area is 127 Å². The second-order valence-corrected chi connectivity index (χ2v) is 5.58. The van der Waals surface area contributed by atoms with Gasteiger partial charge in [-0.15, -0.1) is 0 Å². The van der Waals surface area contributed by atoms with E-state index in [0.717, 1.165) is 30.9 Å². The van der Waals surface area contributed by atoms with Crippen LogP contribution in [0.25, 0.3) is 0 Å². The average molecular weight is 287 g/mol. The molecule has 0 radical (unpaired) electrons. The average Bonchev–Trinajstić information content (AvgIpc) is 2.85. The SMILES string of the molecule is CCCn1cncc1CNc1ccc(OC(C)C)cc1C. The normalized spacial score (nSPS) is 10.9. The van der Waals surface area contributed by atoms with Crippen molar-refractivity contribution in [1.29, 1.82) is 0 Å². The molecule has 0 aliphatic carbocycles. The maximum absolute atomic E-state index is 5.71. The van der Waals surface area contributed by atoms with E-state index in [4.69, 9.17) is 4.74 Å². The zero-order chi connectivity index (χ0) is 15.2. The van der Waals surface area contributed by atoms with E-state index in [0.29, 0.717) is 0 Å². The monoisotopic (exact) mass is 287 g/mol. The molecular weight excluding hydrogens is 262 g/mol. The minimum atomic E-state index is 0.201. The van der Waals surface area contributed by atoms with Gasteiger partial charge in [0.1, 0.15) is 5.75 Å². The van der Waals surface area contributed by atoms with Crippen LogP contribution in [0.1, 0.15) is 38.4 Å². The largest absolute Gasteiger partial charge is 0.491 e. The van der Waals surface area contributed by atoms with Gasteiger partial charge in [0.05, 0.1) is 24.7 Å². The number of rotatable bonds is 7. The molecule has 0 saturated heterocycles. The minimum absolute atomic E-state index is 0.201. The third-order valence-corrected chi connectivity index (χ3v) is 3.29. The highest BCUT2D eigenvalue weighted by atomic mass is 16.5. The molecule has 0 atom stereocenters. The summed E-state index contributed by atoms with van der Waals surface area (Å²) in [6, 6.07) is 6.16. The molecule has 0 fully saturated rings. The topological polar surface area (TPSA) is 39.1 Å². The molecule has 1 N–H and O–H groups in total. The summed E-state index contributed by atoms with van der Waals surface area (Å²) in [5.41, 5.74) is 3.53. The quantitative estimate of drug-likeness (QED) is 0.836. The van der Waals surface area contributed by atoms with E-state index >= 15 is 0 Å². The van der Waals surface area contributed by atoms with Gasteiger partial charge in [0.2, 0.25) is 0 Å². The molecule has 0 saturated carbocycles. The van der Waals surface area contributed by atoms with Gasteiger partial charge in [0.25, 0.3) is 0 Å². The van der Waals surface area contributed by atoms with E-state index in [9.17, 15) is 0 Å². The van der Waals surface area contributed by atoms with Crippen molar-refractivity contribution in [3.8, 4) is 5.75 Å². The first kappa shape index (κ1) is 15.4. The van der Waals surface area contributed by atoms with Crippen molar-refractivity contribution in [3.05, 3.63) is 42.0 Å². The number of benzene rings is 1. The maximum Gasteiger partial charge on any atom is 0.120 e. The van der Waals surface area contributed by atoms with Crippen molar-refractivity contribution in [2.45, 2.75) is 53.3 Å². The summed E-state index contributed by atoms with van der Waals surface area (Å²) in [5, 5.41) is 3.48. The molecule has 1 aromatic heterocycles. The van der Waals surface area contributed by atoms with Gasteiger partial charge in [-0.2, -0.15) is 0 Å². The van der Waals surface area contributed by atoms with Gasteiger partial charge in [-0.05, 0) is 51.0 Å². The minimum Gasteiger partial charge on any atom is -0.491 e. The fraction of sp³-hybridized carbons (Fsp3) is 0.471. The van der Waals surface area contributed by atoms with Crippen molar-refractivity contribution < 1.29 is 4.74 Å². The third-order valence-electron chi connectivity index (χ3n) is 3.29. The van der Waals surface area contributed by atoms with Crippen LogP contribution in [0.15, 0.2) is 30.7 Å². The smallest absolute Gasteiger partial charge is 0.120 e.